The standard InChI is InChI=1S/C15H16N4OS/c1-10-5-3-4-6-11(10)7-8-19-13-12(18-15(19)21)14(20-2)17-9-16-13/h3-6,9H,7-8H2,1-2H3,(H,18,21). The molecule has 0 fully saturated rings. The Morgan fingerprint density at radius 3 is 2.86 bits per heavy atom. The monoisotopic (exact) mass is 300 g/mol. The number of aryl methyl sites for hydroxylation is 3. The van der Waals surface area contributed by atoms with E-state index in [1.807, 2.05) is 10.6 Å². The van der Waals surface area contributed by atoms with Gasteiger partial charge in [0.25, 0.3) is 0 Å². The van der Waals surface area contributed by atoms with Gasteiger partial charge in [0.2, 0.25) is 5.88 Å². The molecule has 21 heavy (non-hydrogen) atoms. The lowest BCUT2D eigenvalue weighted by Crippen LogP contribution is -2.03. The molecule has 0 aliphatic heterocycles. The number of aromatic amines is 1. The fraction of sp³-hybridized carbons (Fsp3) is 0.267. The van der Waals surface area contributed by atoms with E-state index in [1.54, 1.807) is 7.11 Å². The maximum Gasteiger partial charge on any atom is 0.242 e. The van der Waals surface area contributed by atoms with Crippen molar-refractivity contribution in [2.45, 2.75) is 19.9 Å². The molecular formula is C15H16N4OS. The van der Waals surface area contributed by atoms with Crippen LogP contribution in [0.2, 0.25) is 0 Å². The first-order chi connectivity index (χ1) is 10.2. The molecule has 108 valence electrons. The third-order valence-corrected chi connectivity index (χ3v) is 3.91. The van der Waals surface area contributed by atoms with Crippen molar-refractivity contribution in [3.63, 3.8) is 0 Å². The maximum absolute atomic E-state index is 5.39. The average molecular weight is 300 g/mol. The fourth-order valence-electron chi connectivity index (χ4n) is 2.43. The van der Waals surface area contributed by atoms with Crippen molar-refractivity contribution in [1.82, 2.24) is 19.5 Å². The second-order valence-corrected chi connectivity index (χ2v) is 5.23. The number of ether oxygens (including phenoxy) is 1. The highest BCUT2D eigenvalue weighted by Gasteiger charge is 2.11. The second kappa shape index (κ2) is 5.65. The third-order valence-electron chi connectivity index (χ3n) is 3.58. The molecule has 5 nitrogen and oxygen atoms in total. The van der Waals surface area contributed by atoms with Crippen LogP contribution in [0.15, 0.2) is 30.6 Å². The van der Waals surface area contributed by atoms with Crippen molar-refractivity contribution in [3.8, 4) is 5.88 Å². The third kappa shape index (κ3) is 2.54. The van der Waals surface area contributed by atoms with Crippen LogP contribution in [-0.4, -0.2) is 26.6 Å². The zero-order valence-electron chi connectivity index (χ0n) is 12.0. The Morgan fingerprint density at radius 2 is 2.10 bits per heavy atom. The van der Waals surface area contributed by atoms with Crippen LogP contribution >= 0.6 is 12.2 Å². The summed E-state index contributed by atoms with van der Waals surface area (Å²) in [5.41, 5.74) is 4.13. The highest BCUT2D eigenvalue weighted by atomic mass is 32.1. The predicted octanol–water partition coefficient (Wildman–Crippen LogP) is 3.05. The van der Waals surface area contributed by atoms with Gasteiger partial charge in [-0.1, -0.05) is 24.3 Å². The number of rotatable bonds is 4. The molecule has 1 N–H and O–H groups in total. The van der Waals surface area contributed by atoms with Crippen molar-refractivity contribution in [3.05, 3.63) is 46.5 Å². The van der Waals surface area contributed by atoms with Gasteiger partial charge in [0.05, 0.1) is 7.11 Å². The Hall–Kier alpha value is -2.21. The molecule has 0 spiro atoms. The summed E-state index contributed by atoms with van der Waals surface area (Å²) in [7, 11) is 1.59. The number of fused-ring (bicyclic) bond motifs is 1. The molecule has 0 amide bonds. The summed E-state index contributed by atoms with van der Waals surface area (Å²) in [4.78, 5) is 11.5. The highest BCUT2D eigenvalue weighted by molar-refractivity contribution is 7.71. The molecule has 0 saturated carbocycles. The summed E-state index contributed by atoms with van der Waals surface area (Å²) < 4.78 is 7.86. The molecule has 3 aromatic rings. The van der Waals surface area contributed by atoms with E-state index in [9.17, 15) is 0 Å². The lowest BCUT2D eigenvalue weighted by Gasteiger charge is -2.07. The molecule has 0 aliphatic rings. The highest BCUT2D eigenvalue weighted by Crippen LogP contribution is 2.20. The molecule has 0 radical (unpaired) electrons. The SMILES string of the molecule is COc1ncnc2c1[nH]c(=S)n2CCc1ccccc1C. The molecule has 0 saturated heterocycles. The number of imidazole rings is 1. The molecule has 0 aliphatic carbocycles. The zero-order chi connectivity index (χ0) is 14.8. The summed E-state index contributed by atoms with van der Waals surface area (Å²) in [5, 5.41) is 0. The van der Waals surface area contributed by atoms with Crippen LogP contribution in [-0.2, 0) is 13.0 Å². The van der Waals surface area contributed by atoms with Gasteiger partial charge >= 0.3 is 0 Å². The summed E-state index contributed by atoms with van der Waals surface area (Å²) in [6.07, 6.45) is 2.40. The molecule has 2 heterocycles. The molecule has 6 heteroatoms. The zero-order valence-corrected chi connectivity index (χ0v) is 12.8. The summed E-state index contributed by atoms with van der Waals surface area (Å²) in [6, 6.07) is 8.37. The van der Waals surface area contributed by atoms with Gasteiger partial charge < -0.3 is 14.3 Å². The smallest absolute Gasteiger partial charge is 0.242 e. The second-order valence-electron chi connectivity index (χ2n) is 4.84. The van der Waals surface area contributed by atoms with Gasteiger partial charge in [0, 0.05) is 6.54 Å². The first-order valence-corrected chi connectivity index (χ1v) is 7.13. The predicted molar refractivity (Wildman–Crippen MR) is 84.1 cm³/mol. The largest absolute Gasteiger partial charge is 0.479 e. The lowest BCUT2D eigenvalue weighted by molar-refractivity contribution is 0.401. The minimum absolute atomic E-state index is 0.515. The van der Waals surface area contributed by atoms with Crippen LogP contribution in [0.1, 0.15) is 11.1 Å². The van der Waals surface area contributed by atoms with Gasteiger partial charge in [0.15, 0.2) is 10.4 Å². The number of methoxy groups -OCH3 is 1. The van der Waals surface area contributed by atoms with Crippen molar-refractivity contribution in [2.24, 2.45) is 0 Å². The van der Waals surface area contributed by atoms with Crippen LogP contribution in [0, 0.1) is 11.7 Å². The van der Waals surface area contributed by atoms with Gasteiger partial charge in [0.1, 0.15) is 11.8 Å². The Kier molecular flexibility index (Phi) is 3.70. The Labute approximate surface area is 127 Å². The molecular weight excluding hydrogens is 284 g/mol. The molecule has 1 aromatic carbocycles. The molecule has 2 aromatic heterocycles. The van der Waals surface area contributed by atoms with Crippen LogP contribution in [0.25, 0.3) is 11.2 Å². The van der Waals surface area contributed by atoms with E-state index >= 15 is 0 Å². The number of benzene rings is 1. The van der Waals surface area contributed by atoms with Crippen molar-refractivity contribution >= 4 is 23.4 Å². The van der Waals surface area contributed by atoms with Gasteiger partial charge in [-0.25, -0.2) is 4.98 Å². The van der Waals surface area contributed by atoms with E-state index in [0.717, 1.165) is 24.1 Å². The topological polar surface area (TPSA) is 55.7 Å². The molecule has 0 atom stereocenters. The van der Waals surface area contributed by atoms with Gasteiger partial charge in [-0.15, -0.1) is 0 Å². The van der Waals surface area contributed by atoms with Crippen molar-refractivity contribution < 1.29 is 4.74 Å². The van der Waals surface area contributed by atoms with Crippen molar-refractivity contribution in [1.29, 1.82) is 0 Å². The molecule has 0 unspecified atom stereocenters. The van der Waals surface area contributed by atoms with E-state index in [-0.39, 0.29) is 0 Å². The lowest BCUT2D eigenvalue weighted by atomic mass is 10.1. The normalized spacial score (nSPS) is 11.0. The summed E-state index contributed by atoms with van der Waals surface area (Å²) in [5.74, 6) is 0.515. The van der Waals surface area contributed by atoms with E-state index in [1.165, 1.54) is 17.5 Å². The summed E-state index contributed by atoms with van der Waals surface area (Å²) in [6.45, 7) is 2.89. The Morgan fingerprint density at radius 1 is 1.29 bits per heavy atom. The minimum Gasteiger partial charge on any atom is -0.479 e. The van der Waals surface area contributed by atoms with Gasteiger partial charge in [-0.3, -0.25) is 0 Å². The van der Waals surface area contributed by atoms with Crippen LogP contribution in [0.4, 0.5) is 0 Å². The number of aromatic nitrogens is 4. The molecule has 0 bridgehead atoms. The Bertz CT molecular complexity index is 837. The van der Waals surface area contributed by atoms with Gasteiger partial charge in [-0.05, 0) is 36.7 Å². The maximum atomic E-state index is 5.39. The number of nitrogens with one attached hydrogen (secondary N) is 1. The van der Waals surface area contributed by atoms with Crippen molar-refractivity contribution in [2.75, 3.05) is 7.11 Å². The minimum atomic E-state index is 0.515. The van der Waals surface area contributed by atoms with E-state index in [2.05, 4.69) is 40.1 Å². The number of H-pyrrole nitrogens is 1. The molecule has 3 rings (SSSR count). The Balaban J connectivity index is 1.96. The van der Waals surface area contributed by atoms with E-state index in [4.69, 9.17) is 17.0 Å². The number of hydrogen-bond acceptors (Lipinski definition) is 4. The first-order valence-electron chi connectivity index (χ1n) is 6.72. The van der Waals surface area contributed by atoms with Crippen LogP contribution in [0.3, 0.4) is 0 Å². The van der Waals surface area contributed by atoms with E-state index < -0.39 is 0 Å². The first kappa shape index (κ1) is 13.8. The number of hydrogen-bond donors (Lipinski definition) is 1. The quantitative estimate of drug-likeness (QED) is 0.752. The van der Waals surface area contributed by atoms with Gasteiger partial charge in [-0.2, -0.15) is 4.98 Å². The number of nitrogens with zero attached hydrogens (tertiary/aromatic N) is 3. The summed E-state index contributed by atoms with van der Waals surface area (Å²) >= 11 is 5.39. The average Bonchev–Trinajstić information content (AvgIpc) is 2.82. The van der Waals surface area contributed by atoms with Crippen LogP contribution < -0.4 is 4.74 Å². The van der Waals surface area contributed by atoms with Crippen LogP contribution in [0.5, 0.6) is 5.88 Å². The fourth-order valence-corrected chi connectivity index (χ4v) is 2.71. The van der Waals surface area contributed by atoms with E-state index in [0.29, 0.717) is 10.7 Å².